The van der Waals surface area contributed by atoms with Crippen molar-refractivity contribution in [2.45, 2.75) is 30.4 Å². The van der Waals surface area contributed by atoms with Gasteiger partial charge in [0.2, 0.25) is 0 Å². The smallest absolute Gasteiger partial charge is 0.321 e. The SMILES string of the molecule is Cc1ccc(NC(=O)c2csc(CSc3nnc(Cc4ccccc4)n3-c3cccc(C(F)(F)F)c3)n2)cc1. The number of rotatable bonds is 8. The van der Waals surface area contributed by atoms with Crippen LogP contribution < -0.4 is 5.32 Å². The second kappa shape index (κ2) is 11.4. The molecular formula is C28H22F3N5OS2. The molecule has 6 nitrogen and oxygen atoms in total. The van der Waals surface area contributed by atoms with Gasteiger partial charge in [0.25, 0.3) is 5.91 Å². The number of nitrogens with zero attached hydrogens (tertiary/aromatic N) is 4. The first kappa shape index (κ1) is 26.6. The van der Waals surface area contributed by atoms with Gasteiger partial charge in [0, 0.05) is 17.5 Å². The van der Waals surface area contributed by atoms with Crippen LogP contribution in [0.25, 0.3) is 5.69 Å². The number of carbonyl (C=O) groups excluding carboxylic acids is 1. The summed E-state index contributed by atoms with van der Waals surface area (Å²) in [7, 11) is 0. The highest BCUT2D eigenvalue weighted by Crippen LogP contribution is 2.33. The van der Waals surface area contributed by atoms with Crippen LogP contribution in [0.2, 0.25) is 0 Å². The molecule has 198 valence electrons. The van der Waals surface area contributed by atoms with Crippen molar-refractivity contribution in [3.8, 4) is 5.69 Å². The molecule has 1 N–H and O–H groups in total. The molecule has 0 saturated carbocycles. The molecule has 5 rings (SSSR count). The van der Waals surface area contributed by atoms with Crippen molar-refractivity contribution in [2.75, 3.05) is 5.32 Å². The van der Waals surface area contributed by atoms with Gasteiger partial charge < -0.3 is 5.32 Å². The predicted molar refractivity (Wildman–Crippen MR) is 146 cm³/mol. The van der Waals surface area contributed by atoms with Crippen molar-refractivity contribution in [3.05, 3.63) is 117 Å². The number of amides is 1. The number of nitrogens with one attached hydrogen (secondary N) is 1. The number of aromatic nitrogens is 4. The zero-order chi connectivity index (χ0) is 27.4. The van der Waals surface area contributed by atoms with Gasteiger partial charge in [0.15, 0.2) is 5.16 Å². The number of benzene rings is 3. The van der Waals surface area contributed by atoms with Gasteiger partial charge in [-0.05, 0) is 42.8 Å². The zero-order valence-corrected chi connectivity index (χ0v) is 22.3. The summed E-state index contributed by atoms with van der Waals surface area (Å²) in [5.74, 6) is 0.564. The first-order chi connectivity index (χ1) is 18.8. The number of aryl methyl sites for hydroxylation is 1. The molecule has 0 saturated heterocycles. The zero-order valence-electron chi connectivity index (χ0n) is 20.6. The van der Waals surface area contributed by atoms with Gasteiger partial charge in [0.05, 0.1) is 17.0 Å². The third-order valence-corrected chi connectivity index (χ3v) is 7.73. The molecule has 0 aliphatic rings. The largest absolute Gasteiger partial charge is 0.416 e. The Morgan fingerprint density at radius 1 is 1.00 bits per heavy atom. The summed E-state index contributed by atoms with van der Waals surface area (Å²) in [6.45, 7) is 1.97. The van der Waals surface area contributed by atoms with Crippen LogP contribution in [0, 0.1) is 6.92 Å². The summed E-state index contributed by atoms with van der Waals surface area (Å²) in [5.41, 5.74) is 2.58. The number of anilines is 1. The van der Waals surface area contributed by atoms with Crippen molar-refractivity contribution < 1.29 is 18.0 Å². The van der Waals surface area contributed by atoms with Crippen LogP contribution in [0.4, 0.5) is 18.9 Å². The fourth-order valence-corrected chi connectivity index (χ4v) is 5.57. The van der Waals surface area contributed by atoms with E-state index in [1.807, 2.05) is 61.5 Å². The normalized spacial score (nSPS) is 11.5. The first-order valence-corrected chi connectivity index (χ1v) is 13.7. The topological polar surface area (TPSA) is 72.7 Å². The molecule has 0 aliphatic carbocycles. The van der Waals surface area contributed by atoms with Crippen LogP contribution in [0.5, 0.6) is 0 Å². The summed E-state index contributed by atoms with van der Waals surface area (Å²) < 4.78 is 42.0. The predicted octanol–water partition coefficient (Wildman–Crippen LogP) is 7.19. The fourth-order valence-electron chi connectivity index (χ4n) is 3.81. The van der Waals surface area contributed by atoms with Gasteiger partial charge in [-0.1, -0.05) is 65.9 Å². The molecule has 1 amide bonds. The maximum atomic E-state index is 13.5. The van der Waals surface area contributed by atoms with Gasteiger partial charge in [-0.15, -0.1) is 21.5 Å². The molecule has 39 heavy (non-hydrogen) atoms. The van der Waals surface area contributed by atoms with E-state index in [9.17, 15) is 18.0 Å². The van der Waals surface area contributed by atoms with E-state index in [0.717, 1.165) is 23.3 Å². The van der Waals surface area contributed by atoms with Crippen molar-refractivity contribution in [1.82, 2.24) is 19.7 Å². The van der Waals surface area contributed by atoms with Gasteiger partial charge in [-0.2, -0.15) is 13.2 Å². The average Bonchev–Trinajstić information content (AvgIpc) is 3.56. The number of hydrogen-bond donors (Lipinski definition) is 1. The van der Waals surface area contributed by atoms with Gasteiger partial charge in [0.1, 0.15) is 16.5 Å². The Morgan fingerprint density at radius 2 is 1.77 bits per heavy atom. The number of thiazole rings is 1. The monoisotopic (exact) mass is 565 g/mol. The molecule has 2 heterocycles. The highest BCUT2D eigenvalue weighted by molar-refractivity contribution is 7.98. The number of alkyl halides is 3. The maximum Gasteiger partial charge on any atom is 0.416 e. The third kappa shape index (κ3) is 6.55. The van der Waals surface area contributed by atoms with Crippen LogP contribution in [-0.4, -0.2) is 25.7 Å². The van der Waals surface area contributed by atoms with E-state index in [-0.39, 0.29) is 5.91 Å². The second-order valence-electron chi connectivity index (χ2n) is 8.68. The van der Waals surface area contributed by atoms with Crippen LogP contribution in [0.1, 0.15) is 38.0 Å². The van der Waals surface area contributed by atoms with E-state index < -0.39 is 11.7 Å². The average molecular weight is 566 g/mol. The molecule has 11 heteroatoms. The Bertz CT molecular complexity index is 1580. The van der Waals surface area contributed by atoms with Crippen molar-refractivity contribution in [3.63, 3.8) is 0 Å². The molecule has 2 aromatic heterocycles. The van der Waals surface area contributed by atoms with Gasteiger partial charge >= 0.3 is 6.18 Å². The highest BCUT2D eigenvalue weighted by Gasteiger charge is 2.31. The lowest BCUT2D eigenvalue weighted by molar-refractivity contribution is -0.137. The lowest BCUT2D eigenvalue weighted by Gasteiger charge is -2.13. The Balaban J connectivity index is 1.37. The van der Waals surface area contributed by atoms with Gasteiger partial charge in [-0.3, -0.25) is 9.36 Å². The number of hydrogen-bond acceptors (Lipinski definition) is 6. The molecule has 0 atom stereocenters. The first-order valence-electron chi connectivity index (χ1n) is 11.9. The third-order valence-electron chi connectivity index (χ3n) is 5.76. The molecule has 0 unspecified atom stereocenters. The summed E-state index contributed by atoms with van der Waals surface area (Å²) >= 11 is 2.62. The lowest BCUT2D eigenvalue weighted by Crippen LogP contribution is -2.12. The number of thioether (sulfide) groups is 1. The van der Waals surface area contributed by atoms with E-state index in [2.05, 4.69) is 20.5 Å². The van der Waals surface area contributed by atoms with Crippen molar-refractivity contribution in [2.24, 2.45) is 0 Å². The minimum atomic E-state index is -4.48. The maximum absolute atomic E-state index is 13.5. The van der Waals surface area contributed by atoms with Gasteiger partial charge in [-0.25, -0.2) is 4.98 Å². The Morgan fingerprint density at radius 3 is 2.51 bits per heavy atom. The summed E-state index contributed by atoms with van der Waals surface area (Å²) in [6.07, 6.45) is -4.08. The molecule has 0 fully saturated rings. The van der Waals surface area contributed by atoms with E-state index in [4.69, 9.17) is 0 Å². The molecular weight excluding hydrogens is 543 g/mol. The molecule has 0 radical (unpaired) electrons. The molecule has 3 aromatic carbocycles. The van der Waals surface area contributed by atoms with E-state index >= 15 is 0 Å². The minimum Gasteiger partial charge on any atom is -0.321 e. The van der Waals surface area contributed by atoms with Crippen LogP contribution in [0.15, 0.2) is 89.4 Å². The number of halogens is 3. The van der Waals surface area contributed by atoms with E-state index in [1.165, 1.54) is 29.2 Å². The van der Waals surface area contributed by atoms with E-state index in [0.29, 0.717) is 45.2 Å². The Hall–Kier alpha value is -3.96. The summed E-state index contributed by atoms with van der Waals surface area (Å²) in [5, 5.41) is 14.2. The summed E-state index contributed by atoms with van der Waals surface area (Å²) in [4.78, 5) is 17.1. The second-order valence-corrected chi connectivity index (χ2v) is 10.6. The Kier molecular flexibility index (Phi) is 7.80. The molecule has 0 bridgehead atoms. The van der Waals surface area contributed by atoms with Crippen molar-refractivity contribution >= 4 is 34.7 Å². The Labute approximate surface area is 231 Å². The summed E-state index contributed by atoms with van der Waals surface area (Å²) in [6, 6.07) is 22.1. The number of carbonyl (C=O) groups is 1. The highest BCUT2D eigenvalue weighted by atomic mass is 32.2. The van der Waals surface area contributed by atoms with Crippen LogP contribution in [0.3, 0.4) is 0 Å². The van der Waals surface area contributed by atoms with Crippen molar-refractivity contribution in [1.29, 1.82) is 0 Å². The molecule has 5 aromatic rings. The molecule has 0 spiro atoms. The fraction of sp³-hybridized carbons (Fsp3) is 0.143. The standard InChI is InChI=1S/C28H22F3N5OS2/c1-18-10-12-21(13-11-18)32-26(37)23-16-38-25(33-23)17-39-27-35-34-24(14-19-6-3-2-4-7-19)36(27)22-9-5-8-20(15-22)28(29,30)31/h2-13,15-16H,14,17H2,1H3,(H,32,37). The van der Waals surface area contributed by atoms with Crippen LogP contribution >= 0.6 is 23.1 Å². The lowest BCUT2D eigenvalue weighted by atomic mass is 10.1. The van der Waals surface area contributed by atoms with Crippen LogP contribution in [-0.2, 0) is 18.3 Å². The molecule has 0 aliphatic heterocycles. The van der Waals surface area contributed by atoms with E-state index in [1.54, 1.807) is 16.0 Å². The minimum absolute atomic E-state index is 0.292. The quantitative estimate of drug-likeness (QED) is 0.202.